The normalized spacial score (nSPS) is 16.2. The number of benzene rings is 2. The predicted molar refractivity (Wildman–Crippen MR) is 91.6 cm³/mol. The Morgan fingerprint density at radius 1 is 1.16 bits per heavy atom. The van der Waals surface area contributed by atoms with Gasteiger partial charge in [0.2, 0.25) is 5.91 Å². The Kier molecular flexibility index (Phi) is 3.72. The van der Waals surface area contributed by atoms with Crippen LogP contribution in [0.2, 0.25) is 0 Å². The lowest BCUT2D eigenvalue weighted by molar-refractivity contribution is -0.116. The third kappa shape index (κ3) is 2.76. The van der Waals surface area contributed by atoms with Crippen LogP contribution >= 0.6 is 0 Å². The molecule has 126 valence electrons. The van der Waals surface area contributed by atoms with Crippen molar-refractivity contribution in [1.82, 2.24) is 9.55 Å². The number of nitrogens with zero attached hydrogens (tertiary/aromatic N) is 2. The number of carbonyl (C=O) groups is 1. The summed E-state index contributed by atoms with van der Waals surface area (Å²) in [6.45, 7) is 0. The molecule has 1 amide bonds. The van der Waals surface area contributed by atoms with Gasteiger partial charge in [0.15, 0.2) is 5.82 Å². The number of amides is 1. The second-order valence-electron chi connectivity index (χ2n) is 5.90. The fraction of sp³-hybridized carbons (Fsp3) is 0.158. The molecule has 0 bridgehead atoms. The first-order valence-corrected chi connectivity index (χ1v) is 7.92. The smallest absolute Gasteiger partial charge is 0.226 e. The van der Waals surface area contributed by atoms with Crippen molar-refractivity contribution in [3.8, 4) is 11.4 Å². The van der Waals surface area contributed by atoms with Gasteiger partial charge in [0, 0.05) is 18.0 Å². The van der Waals surface area contributed by atoms with Crippen molar-refractivity contribution in [2.75, 3.05) is 12.4 Å². The zero-order chi connectivity index (χ0) is 17.4. The van der Waals surface area contributed by atoms with E-state index in [2.05, 4.69) is 10.3 Å². The summed E-state index contributed by atoms with van der Waals surface area (Å²) in [5.74, 6) is 0.801. The highest BCUT2D eigenvalue weighted by molar-refractivity contribution is 5.94. The van der Waals surface area contributed by atoms with Crippen LogP contribution in [0.5, 0.6) is 5.75 Å². The minimum Gasteiger partial charge on any atom is -0.497 e. The molecule has 2 heterocycles. The van der Waals surface area contributed by atoms with Crippen LogP contribution in [0.15, 0.2) is 54.9 Å². The molecule has 6 heteroatoms. The molecule has 5 nitrogen and oxygen atoms in total. The number of hydrogen-bond acceptors (Lipinski definition) is 3. The molecule has 1 aliphatic heterocycles. The average Bonchev–Trinajstić information content (AvgIpc) is 3.05. The molecule has 0 unspecified atom stereocenters. The molecule has 0 saturated carbocycles. The van der Waals surface area contributed by atoms with Gasteiger partial charge >= 0.3 is 0 Å². The van der Waals surface area contributed by atoms with Crippen molar-refractivity contribution < 1.29 is 13.9 Å². The maximum atomic E-state index is 13.2. The summed E-state index contributed by atoms with van der Waals surface area (Å²) in [5, 5.41) is 2.81. The third-order valence-corrected chi connectivity index (χ3v) is 4.40. The maximum absolute atomic E-state index is 13.2. The van der Waals surface area contributed by atoms with Crippen LogP contribution in [0.3, 0.4) is 0 Å². The van der Waals surface area contributed by atoms with Crippen molar-refractivity contribution >= 4 is 11.7 Å². The Labute approximate surface area is 144 Å². The number of carbonyl (C=O) groups excluding carboxylic acids is 1. The lowest BCUT2D eigenvalue weighted by atomic mass is 9.89. The molecule has 0 aliphatic carbocycles. The molecule has 0 spiro atoms. The number of aromatic nitrogens is 2. The van der Waals surface area contributed by atoms with Gasteiger partial charge in [-0.3, -0.25) is 4.79 Å². The average molecular weight is 337 g/mol. The molecule has 1 aromatic heterocycles. The van der Waals surface area contributed by atoms with E-state index in [1.807, 2.05) is 28.8 Å². The number of ether oxygens (including phenoxy) is 1. The Morgan fingerprint density at radius 2 is 1.88 bits per heavy atom. The van der Waals surface area contributed by atoms with Crippen molar-refractivity contribution in [2.45, 2.75) is 12.3 Å². The van der Waals surface area contributed by atoms with Crippen LogP contribution in [0.1, 0.15) is 23.6 Å². The highest BCUT2D eigenvalue weighted by Crippen LogP contribution is 2.38. The van der Waals surface area contributed by atoms with Crippen LogP contribution in [0.25, 0.3) is 5.69 Å². The van der Waals surface area contributed by atoms with E-state index in [1.54, 1.807) is 25.6 Å². The summed E-state index contributed by atoms with van der Waals surface area (Å²) in [5.41, 5.74) is 2.68. The fourth-order valence-corrected chi connectivity index (χ4v) is 3.17. The van der Waals surface area contributed by atoms with Gasteiger partial charge in [-0.1, -0.05) is 12.1 Å². The number of hydrogen-bond donors (Lipinski definition) is 1. The minimum atomic E-state index is -0.294. The number of rotatable bonds is 3. The number of methoxy groups -OCH3 is 1. The molecular weight excluding hydrogens is 321 g/mol. The second-order valence-corrected chi connectivity index (χ2v) is 5.90. The van der Waals surface area contributed by atoms with E-state index in [4.69, 9.17) is 4.74 Å². The monoisotopic (exact) mass is 337 g/mol. The molecule has 0 saturated heterocycles. The predicted octanol–water partition coefficient (Wildman–Crippen LogP) is 3.49. The fourth-order valence-electron chi connectivity index (χ4n) is 3.17. The van der Waals surface area contributed by atoms with Gasteiger partial charge in [-0.15, -0.1) is 0 Å². The second kappa shape index (κ2) is 6.05. The van der Waals surface area contributed by atoms with E-state index < -0.39 is 0 Å². The SMILES string of the molecule is COc1ccc([C@H]2CC(=O)Nc3ncn(-c4ccc(F)cc4)c32)cc1. The zero-order valence-electron chi connectivity index (χ0n) is 13.6. The summed E-state index contributed by atoms with van der Waals surface area (Å²) in [4.78, 5) is 16.4. The van der Waals surface area contributed by atoms with Crippen molar-refractivity contribution in [3.05, 3.63) is 71.9 Å². The van der Waals surface area contributed by atoms with Gasteiger partial charge in [-0.25, -0.2) is 9.37 Å². The number of halogens is 1. The molecule has 25 heavy (non-hydrogen) atoms. The lowest BCUT2D eigenvalue weighted by Gasteiger charge is -2.25. The molecule has 4 rings (SSSR count). The lowest BCUT2D eigenvalue weighted by Crippen LogP contribution is -2.25. The third-order valence-electron chi connectivity index (χ3n) is 4.40. The zero-order valence-corrected chi connectivity index (χ0v) is 13.6. The first-order chi connectivity index (χ1) is 12.2. The van der Waals surface area contributed by atoms with Gasteiger partial charge < -0.3 is 14.6 Å². The number of fused-ring (bicyclic) bond motifs is 1. The Hall–Kier alpha value is -3.15. The van der Waals surface area contributed by atoms with Gasteiger partial charge in [-0.2, -0.15) is 0 Å². The number of nitrogens with one attached hydrogen (secondary N) is 1. The molecule has 1 aliphatic rings. The Morgan fingerprint density at radius 3 is 2.56 bits per heavy atom. The highest BCUT2D eigenvalue weighted by atomic mass is 19.1. The van der Waals surface area contributed by atoms with Crippen LogP contribution in [0, 0.1) is 5.82 Å². The summed E-state index contributed by atoms with van der Waals surface area (Å²) >= 11 is 0. The molecule has 0 fully saturated rings. The quantitative estimate of drug-likeness (QED) is 0.796. The van der Waals surface area contributed by atoms with E-state index in [0.717, 1.165) is 22.7 Å². The molecule has 2 aromatic carbocycles. The van der Waals surface area contributed by atoms with Gasteiger partial charge in [0.1, 0.15) is 17.9 Å². The van der Waals surface area contributed by atoms with Gasteiger partial charge in [0.25, 0.3) is 0 Å². The molecule has 3 aromatic rings. The maximum Gasteiger partial charge on any atom is 0.226 e. The van der Waals surface area contributed by atoms with Crippen molar-refractivity contribution in [3.63, 3.8) is 0 Å². The summed E-state index contributed by atoms with van der Waals surface area (Å²) < 4.78 is 20.3. The van der Waals surface area contributed by atoms with Crippen molar-refractivity contribution in [1.29, 1.82) is 0 Å². The number of imidazole rings is 1. The number of anilines is 1. The molecule has 1 atom stereocenters. The summed E-state index contributed by atoms with van der Waals surface area (Å²) in [7, 11) is 1.62. The topological polar surface area (TPSA) is 56.1 Å². The van der Waals surface area contributed by atoms with Crippen LogP contribution in [-0.2, 0) is 4.79 Å². The highest BCUT2D eigenvalue weighted by Gasteiger charge is 2.31. The first-order valence-electron chi connectivity index (χ1n) is 7.92. The first kappa shape index (κ1) is 15.4. The molecular formula is C19H16FN3O2. The molecule has 0 radical (unpaired) electrons. The van der Waals surface area contributed by atoms with Crippen molar-refractivity contribution in [2.24, 2.45) is 0 Å². The Balaban J connectivity index is 1.82. The van der Waals surface area contributed by atoms with Crippen LogP contribution in [0.4, 0.5) is 10.2 Å². The van der Waals surface area contributed by atoms with E-state index in [9.17, 15) is 9.18 Å². The molecule has 1 N–H and O–H groups in total. The van der Waals surface area contributed by atoms with E-state index in [-0.39, 0.29) is 17.6 Å². The summed E-state index contributed by atoms with van der Waals surface area (Å²) in [6, 6.07) is 13.9. The van der Waals surface area contributed by atoms with E-state index >= 15 is 0 Å². The van der Waals surface area contributed by atoms with Crippen LogP contribution < -0.4 is 10.1 Å². The van der Waals surface area contributed by atoms with E-state index in [1.165, 1.54) is 12.1 Å². The van der Waals surface area contributed by atoms with E-state index in [0.29, 0.717) is 12.2 Å². The standard InChI is InChI=1S/C19H16FN3O2/c1-25-15-8-2-12(3-9-15)16-10-17(24)22-19-18(16)23(11-21-19)14-6-4-13(20)5-7-14/h2-9,11,16H,10H2,1H3,(H,22,24)/t16-/m1/s1. The van der Waals surface area contributed by atoms with Gasteiger partial charge in [-0.05, 0) is 42.0 Å². The summed E-state index contributed by atoms with van der Waals surface area (Å²) in [6.07, 6.45) is 1.98. The van der Waals surface area contributed by atoms with Gasteiger partial charge in [0.05, 0.1) is 12.8 Å². The largest absolute Gasteiger partial charge is 0.497 e. The Bertz CT molecular complexity index is 917. The van der Waals surface area contributed by atoms with Crippen LogP contribution in [-0.4, -0.2) is 22.6 Å². The minimum absolute atomic E-state index is 0.0716.